The number of ether oxygens (including phenoxy) is 3. The van der Waals surface area contributed by atoms with Crippen LogP contribution in [0.1, 0.15) is 0 Å². The lowest BCUT2D eigenvalue weighted by atomic mass is 10.2. The Balaban J connectivity index is 2.38. The fourth-order valence-corrected chi connectivity index (χ4v) is 1.88. The van der Waals surface area contributed by atoms with Crippen molar-refractivity contribution in [2.45, 2.75) is 0 Å². The maximum Gasteiger partial charge on any atom is 0.184 e. The second kappa shape index (κ2) is 6.00. The molecule has 0 unspecified atom stereocenters. The molecule has 0 fully saturated rings. The summed E-state index contributed by atoms with van der Waals surface area (Å²) in [5, 5.41) is 3.29. The van der Waals surface area contributed by atoms with Gasteiger partial charge in [0.15, 0.2) is 11.5 Å². The lowest BCUT2D eigenvalue weighted by molar-refractivity contribution is 0.356. The van der Waals surface area contributed by atoms with Crippen molar-refractivity contribution < 1.29 is 14.2 Å². The zero-order valence-electron chi connectivity index (χ0n) is 11.3. The molecule has 0 heterocycles. The molecular formula is C15H17NO3. The zero-order valence-corrected chi connectivity index (χ0v) is 11.3. The van der Waals surface area contributed by atoms with Gasteiger partial charge in [-0.15, -0.1) is 0 Å². The van der Waals surface area contributed by atoms with Crippen LogP contribution < -0.4 is 19.5 Å². The van der Waals surface area contributed by atoms with Gasteiger partial charge in [0, 0.05) is 0 Å². The smallest absolute Gasteiger partial charge is 0.184 e. The maximum atomic E-state index is 5.38. The summed E-state index contributed by atoms with van der Waals surface area (Å²) in [5.74, 6) is 2.12. The summed E-state index contributed by atoms with van der Waals surface area (Å²) in [5.41, 5.74) is 1.70. The van der Waals surface area contributed by atoms with Crippen LogP contribution in [0.4, 0.5) is 11.4 Å². The number of hydrogen-bond donors (Lipinski definition) is 1. The van der Waals surface area contributed by atoms with E-state index in [1.807, 2.05) is 42.5 Å². The standard InChI is InChI=1S/C15H17NO3/c1-17-13-9-5-4-7-11(13)16-12-8-6-10-14(18-2)15(12)19-3/h4-10,16H,1-3H3. The number of nitrogens with one attached hydrogen (secondary N) is 1. The largest absolute Gasteiger partial charge is 0.495 e. The third-order valence-electron chi connectivity index (χ3n) is 2.78. The number of para-hydroxylation sites is 3. The van der Waals surface area contributed by atoms with Crippen molar-refractivity contribution in [3.63, 3.8) is 0 Å². The first-order valence-corrected chi connectivity index (χ1v) is 5.91. The minimum absolute atomic E-state index is 0.663. The van der Waals surface area contributed by atoms with Crippen molar-refractivity contribution in [3.8, 4) is 17.2 Å². The molecule has 100 valence electrons. The Morgan fingerprint density at radius 3 is 2.00 bits per heavy atom. The van der Waals surface area contributed by atoms with E-state index in [0.29, 0.717) is 11.5 Å². The van der Waals surface area contributed by atoms with Crippen molar-refractivity contribution in [2.75, 3.05) is 26.6 Å². The minimum atomic E-state index is 0.663. The van der Waals surface area contributed by atoms with Gasteiger partial charge in [0.2, 0.25) is 0 Å². The summed E-state index contributed by atoms with van der Waals surface area (Å²) in [6.07, 6.45) is 0. The predicted molar refractivity (Wildman–Crippen MR) is 75.8 cm³/mol. The summed E-state index contributed by atoms with van der Waals surface area (Å²) >= 11 is 0. The molecule has 0 radical (unpaired) electrons. The third-order valence-corrected chi connectivity index (χ3v) is 2.78. The van der Waals surface area contributed by atoms with E-state index in [4.69, 9.17) is 14.2 Å². The van der Waals surface area contributed by atoms with E-state index in [1.165, 1.54) is 0 Å². The van der Waals surface area contributed by atoms with Gasteiger partial charge in [-0.05, 0) is 24.3 Å². The Kier molecular flexibility index (Phi) is 4.13. The molecular weight excluding hydrogens is 242 g/mol. The molecule has 0 aromatic heterocycles. The molecule has 1 N–H and O–H groups in total. The molecule has 0 saturated carbocycles. The lowest BCUT2D eigenvalue weighted by Crippen LogP contribution is -1.98. The molecule has 0 saturated heterocycles. The maximum absolute atomic E-state index is 5.38. The molecule has 0 spiro atoms. The molecule has 2 aromatic rings. The number of hydrogen-bond acceptors (Lipinski definition) is 4. The normalized spacial score (nSPS) is 9.84. The highest BCUT2D eigenvalue weighted by Crippen LogP contribution is 2.38. The van der Waals surface area contributed by atoms with E-state index in [9.17, 15) is 0 Å². The topological polar surface area (TPSA) is 39.7 Å². The predicted octanol–water partition coefficient (Wildman–Crippen LogP) is 3.46. The first-order valence-electron chi connectivity index (χ1n) is 5.91. The highest BCUT2D eigenvalue weighted by molar-refractivity contribution is 5.73. The molecule has 0 aliphatic carbocycles. The zero-order chi connectivity index (χ0) is 13.7. The van der Waals surface area contributed by atoms with Crippen LogP contribution in [-0.4, -0.2) is 21.3 Å². The van der Waals surface area contributed by atoms with Crippen molar-refractivity contribution in [2.24, 2.45) is 0 Å². The van der Waals surface area contributed by atoms with Gasteiger partial charge in [-0.25, -0.2) is 0 Å². The van der Waals surface area contributed by atoms with Crippen LogP contribution in [0.5, 0.6) is 17.2 Å². The first kappa shape index (κ1) is 13.1. The summed E-state index contributed by atoms with van der Waals surface area (Å²) in [6, 6.07) is 13.4. The van der Waals surface area contributed by atoms with Gasteiger partial charge in [-0.2, -0.15) is 0 Å². The van der Waals surface area contributed by atoms with Crippen molar-refractivity contribution >= 4 is 11.4 Å². The van der Waals surface area contributed by atoms with E-state index in [2.05, 4.69) is 5.32 Å². The van der Waals surface area contributed by atoms with Gasteiger partial charge >= 0.3 is 0 Å². The van der Waals surface area contributed by atoms with E-state index >= 15 is 0 Å². The Labute approximate surface area is 112 Å². The monoisotopic (exact) mass is 259 g/mol. The fraction of sp³-hybridized carbons (Fsp3) is 0.200. The Morgan fingerprint density at radius 2 is 1.32 bits per heavy atom. The third kappa shape index (κ3) is 2.73. The molecule has 0 aliphatic rings. The molecule has 2 aromatic carbocycles. The average Bonchev–Trinajstić information content (AvgIpc) is 2.47. The number of anilines is 2. The highest BCUT2D eigenvalue weighted by atomic mass is 16.5. The molecule has 19 heavy (non-hydrogen) atoms. The Bertz CT molecular complexity index is 555. The summed E-state index contributed by atoms with van der Waals surface area (Å²) < 4.78 is 16.0. The summed E-state index contributed by atoms with van der Waals surface area (Å²) in [6.45, 7) is 0. The number of methoxy groups -OCH3 is 3. The molecule has 0 bridgehead atoms. The molecule has 2 rings (SSSR count). The van der Waals surface area contributed by atoms with Gasteiger partial charge in [0.25, 0.3) is 0 Å². The van der Waals surface area contributed by atoms with Crippen LogP contribution in [0.15, 0.2) is 42.5 Å². The van der Waals surface area contributed by atoms with Crippen LogP contribution in [0, 0.1) is 0 Å². The Hall–Kier alpha value is -2.36. The second-order valence-corrected chi connectivity index (χ2v) is 3.87. The van der Waals surface area contributed by atoms with Gasteiger partial charge in [0.05, 0.1) is 32.7 Å². The van der Waals surface area contributed by atoms with Gasteiger partial charge in [-0.1, -0.05) is 18.2 Å². The fourth-order valence-electron chi connectivity index (χ4n) is 1.88. The van der Waals surface area contributed by atoms with Gasteiger partial charge < -0.3 is 19.5 Å². The highest BCUT2D eigenvalue weighted by Gasteiger charge is 2.11. The molecule has 0 atom stereocenters. The van der Waals surface area contributed by atoms with Crippen molar-refractivity contribution in [1.29, 1.82) is 0 Å². The first-order chi connectivity index (χ1) is 9.30. The van der Waals surface area contributed by atoms with Crippen molar-refractivity contribution in [1.82, 2.24) is 0 Å². The van der Waals surface area contributed by atoms with Crippen LogP contribution in [-0.2, 0) is 0 Å². The second-order valence-electron chi connectivity index (χ2n) is 3.87. The van der Waals surface area contributed by atoms with E-state index < -0.39 is 0 Å². The number of rotatable bonds is 5. The van der Waals surface area contributed by atoms with Gasteiger partial charge in [0.1, 0.15) is 5.75 Å². The van der Waals surface area contributed by atoms with E-state index in [0.717, 1.165) is 17.1 Å². The van der Waals surface area contributed by atoms with Crippen LogP contribution in [0.3, 0.4) is 0 Å². The van der Waals surface area contributed by atoms with Gasteiger partial charge in [-0.3, -0.25) is 0 Å². The number of benzene rings is 2. The van der Waals surface area contributed by atoms with Crippen LogP contribution in [0.25, 0.3) is 0 Å². The SMILES string of the molecule is COc1ccccc1Nc1cccc(OC)c1OC. The summed E-state index contributed by atoms with van der Waals surface area (Å²) in [7, 11) is 4.87. The van der Waals surface area contributed by atoms with Crippen LogP contribution >= 0.6 is 0 Å². The Morgan fingerprint density at radius 1 is 0.684 bits per heavy atom. The molecule has 0 amide bonds. The molecule has 0 aliphatic heterocycles. The minimum Gasteiger partial charge on any atom is -0.495 e. The van der Waals surface area contributed by atoms with Crippen molar-refractivity contribution in [3.05, 3.63) is 42.5 Å². The summed E-state index contributed by atoms with van der Waals surface area (Å²) in [4.78, 5) is 0. The quantitative estimate of drug-likeness (QED) is 0.892. The lowest BCUT2D eigenvalue weighted by Gasteiger charge is -2.15. The average molecular weight is 259 g/mol. The molecule has 4 nitrogen and oxygen atoms in total. The molecule has 4 heteroatoms. The van der Waals surface area contributed by atoms with E-state index in [1.54, 1.807) is 21.3 Å². The van der Waals surface area contributed by atoms with E-state index in [-0.39, 0.29) is 0 Å². The van der Waals surface area contributed by atoms with Crippen LogP contribution in [0.2, 0.25) is 0 Å².